The zero-order chi connectivity index (χ0) is 11.3. The molecule has 0 unspecified atom stereocenters. The molecule has 0 radical (unpaired) electrons. The van der Waals surface area contributed by atoms with Crippen LogP contribution in [-0.2, 0) is 6.54 Å². The Morgan fingerprint density at radius 3 is 2.80 bits per heavy atom. The summed E-state index contributed by atoms with van der Waals surface area (Å²) in [5.74, 6) is 0.0343. The summed E-state index contributed by atoms with van der Waals surface area (Å²) < 4.78 is 35.2. The number of aromatic nitrogens is 1. The molecule has 1 heterocycles. The fourth-order valence-corrected chi connectivity index (χ4v) is 2.04. The fourth-order valence-electron chi connectivity index (χ4n) is 0.945. The quantitative estimate of drug-likeness (QED) is 0.820. The van der Waals surface area contributed by atoms with E-state index in [2.05, 4.69) is 10.3 Å². The molecule has 0 bridgehead atoms. The van der Waals surface area contributed by atoms with Crippen molar-refractivity contribution < 1.29 is 13.2 Å². The number of halogens is 3. The third kappa shape index (κ3) is 6.01. The minimum absolute atomic E-state index is 0.00639. The van der Waals surface area contributed by atoms with E-state index in [1.165, 1.54) is 11.3 Å². The second kappa shape index (κ2) is 5.72. The van der Waals surface area contributed by atoms with Gasteiger partial charge >= 0.3 is 5.51 Å². The number of nitrogens with one attached hydrogen (secondary N) is 1. The summed E-state index contributed by atoms with van der Waals surface area (Å²) in [6.07, 6.45) is 0. The van der Waals surface area contributed by atoms with Gasteiger partial charge in [-0.1, -0.05) is 0 Å². The summed E-state index contributed by atoms with van der Waals surface area (Å²) in [6.45, 7) is 2.76. The summed E-state index contributed by atoms with van der Waals surface area (Å²) in [6, 6.07) is 0. The predicted octanol–water partition coefficient (Wildman–Crippen LogP) is 2.79. The minimum Gasteiger partial charge on any atom is -0.310 e. The lowest BCUT2D eigenvalue weighted by Crippen LogP contribution is -2.18. The highest BCUT2D eigenvalue weighted by molar-refractivity contribution is 8.00. The SMILES string of the molecule is Cc1nc(CNCCSC(F)(F)F)cs1. The number of hydrogen-bond acceptors (Lipinski definition) is 4. The van der Waals surface area contributed by atoms with Gasteiger partial charge in [-0.05, 0) is 18.7 Å². The standard InChI is InChI=1S/C8H11F3N2S2/c1-6-13-7(5-14-6)4-12-2-3-15-8(9,10)11/h5,12H,2-4H2,1H3. The number of hydrogen-bond donors (Lipinski definition) is 1. The average Bonchev–Trinajstić information content (AvgIpc) is 2.49. The first-order valence-corrected chi connectivity index (χ1v) is 6.16. The van der Waals surface area contributed by atoms with E-state index in [4.69, 9.17) is 0 Å². The van der Waals surface area contributed by atoms with Gasteiger partial charge in [-0.25, -0.2) is 4.98 Å². The first kappa shape index (κ1) is 12.8. The van der Waals surface area contributed by atoms with E-state index in [1.807, 2.05) is 12.3 Å². The lowest BCUT2D eigenvalue weighted by molar-refractivity contribution is -0.0327. The third-order valence-electron chi connectivity index (χ3n) is 1.52. The van der Waals surface area contributed by atoms with Gasteiger partial charge in [0.15, 0.2) is 0 Å². The van der Waals surface area contributed by atoms with E-state index in [1.54, 1.807) is 0 Å². The highest BCUT2D eigenvalue weighted by Crippen LogP contribution is 2.29. The maximum atomic E-state index is 11.7. The van der Waals surface area contributed by atoms with Gasteiger partial charge in [0.05, 0.1) is 10.7 Å². The molecule has 0 aliphatic heterocycles. The molecule has 1 aromatic heterocycles. The number of aryl methyl sites for hydroxylation is 1. The number of alkyl halides is 3. The second-order valence-electron chi connectivity index (χ2n) is 2.83. The van der Waals surface area contributed by atoms with Gasteiger partial charge in [-0.15, -0.1) is 11.3 Å². The number of thioether (sulfide) groups is 1. The molecule has 1 rings (SSSR count). The normalized spacial score (nSPS) is 12.0. The van der Waals surface area contributed by atoms with E-state index >= 15 is 0 Å². The Bertz CT molecular complexity index is 298. The topological polar surface area (TPSA) is 24.9 Å². The highest BCUT2D eigenvalue weighted by atomic mass is 32.2. The molecule has 0 saturated heterocycles. The van der Waals surface area contributed by atoms with Crippen molar-refractivity contribution >= 4 is 23.1 Å². The second-order valence-corrected chi connectivity index (χ2v) is 5.05. The summed E-state index contributed by atoms with van der Waals surface area (Å²) in [5, 5.41) is 5.78. The first-order valence-electron chi connectivity index (χ1n) is 4.30. The zero-order valence-electron chi connectivity index (χ0n) is 8.10. The number of rotatable bonds is 5. The Balaban J connectivity index is 2.07. The maximum absolute atomic E-state index is 11.7. The van der Waals surface area contributed by atoms with Crippen LogP contribution in [0.4, 0.5) is 13.2 Å². The van der Waals surface area contributed by atoms with Gasteiger partial charge in [0.1, 0.15) is 0 Å². The summed E-state index contributed by atoms with van der Waals surface area (Å²) >= 11 is 1.53. The van der Waals surface area contributed by atoms with Crippen LogP contribution in [0, 0.1) is 6.92 Å². The summed E-state index contributed by atoms with van der Waals surface area (Å²) in [4.78, 5) is 4.18. The largest absolute Gasteiger partial charge is 0.441 e. The molecule has 15 heavy (non-hydrogen) atoms. The lowest BCUT2D eigenvalue weighted by atomic mass is 10.5. The number of thiazole rings is 1. The van der Waals surface area contributed by atoms with Gasteiger partial charge in [0.2, 0.25) is 0 Å². The van der Waals surface area contributed by atoms with Gasteiger partial charge in [0.25, 0.3) is 0 Å². The smallest absolute Gasteiger partial charge is 0.310 e. The minimum atomic E-state index is -4.13. The monoisotopic (exact) mass is 256 g/mol. The van der Waals surface area contributed by atoms with Crippen LogP contribution in [0.5, 0.6) is 0 Å². The number of nitrogens with zero attached hydrogens (tertiary/aromatic N) is 1. The van der Waals surface area contributed by atoms with Gasteiger partial charge in [-0.2, -0.15) is 13.2 Å². The molecule has 0 aromatic carbocycles. The van der Waals surface area contributed by atoms with Crippen LogP contribution >= 0.6 is 23.1 Å². The molecule has 2 nitrogen and oxygen atoms in total. The van der Waals surface area contributed by atoms with Crippen LogP contribution in [0.3, 0.4) is 0 Å². The highest BCUT2D eigenvalue weighted by Gasteiger charge is 2.27. The van der Waals surface area contributed by atoms with Crippen LogP contribution in [0.15, 0.2) is 5.38 Å². The molecule has 0 spiro atoms. The van der Waals surface area contributed by atoms with E-state index in [-0.39, 0.29) is 17.5 Å². The van der Waals surface area contributed by atoms with Gasteiger partial charge in [-0.3, -0.25) is 0 Å². The molecule has 0 aliphatic rings. The predicted molar refractivity (Wildman–Crippen MR) is 57.1 cm³/mol. The van der Waals surface area contributed by atoms with Crippen LogP contribution in [0.2, 0.25) is 0 Å². The van der Waals surface area contributed by atoms with Crippen molar-refractivity contribution in [3.05, 3.63) is 16.1 Å². The van der Waals surface area contributed by atoms with Crippen molar-refractivity contribution in [1.82, 2.24) is 10.3 Å². The molecule has 86 valence electrons. The van der Waals surface area contributed by atoms with Crippen LogP contribution in [0.25, 0.3) is 0 Å². The zero-order valence-corrected chi connectivity index (χ0v) is 9.73. The molecule has 0 aliphatic carbocycles. The van der Waals surface area contributed by atoms with E-state index in [0.29, 0.717) is 13.1 Å². The van der Waals surface area contributed by atoms with Gasteiger partial charge in [0, 0.05) is 24.2 Å². The van der Waals surface area contributed by atoms with E-state index < -0.39 is 5.51 Å². The molecule has 0 fully saturated rings. The van der Waals surface area contributed by atoms with Gasteiger partial charge < -0.3 is 5.32 Å². The van der Waals surface area contributed by atoms with Crippen LogP contribution in [0.1, 0.15) is 10.7 Å². The summed E-state index contributed by atoms with van der Waals surface area (Å²) in [7, 11) is 0. The van der Waals surface area contributed by atoms with Crippen molar-refractivity contribution in [3.63, 3.8) is 0 Å². The Kier molecular flexibility index (Phi) is 4.88. The van der Waals surface area contributed by atoms with Crippen molar-refractivity contribution in [2.45, 2.75) is 19.0 Å². The summed E-state index contributed by atoms with van der Waals surface area (Å²) in [5.41, 5.74) is -3.24. The van der Waals surface area contributed by atoms with E-state index in [0.717, 1.165) is 10.7 Å². The van der Waals surface area contributed by atoms with Crippen LogP contribution in [-0.4, -0.2) is 22.8 Å². The van der Waals surface area contributed by atoms with Crippen molar-refractivity contribution in [2.75, 3.05) is 12.3 Å². The Labute approximate surface area is 94.3 Å². The average molecular weight is 256 g/mol. The molecule has 1 aromatic rings. The molecular formula is C8H11F3N2S2. The fraction of sp³-hybridized carbons (Fsp3) is 0.625. The molecular weight excluding hydrogens is 245 g/mol. The Hall–Kier alpha value is -0.270. The lowest BCUT2D eigenvalue weighted by Gasteiger charge is -2.05. The molecule has 1 N–H and O–H groups in total. The Morgan fingerprint density at radius 2 is 2.27 bits per heavy atom. The van der Waals surface area contributed by atoms with E-state index in [9.17, 15) is 13.2 Å². The Morgan fingerprint density at radius 1 is 1.53 bits per heavy atom. The van der Waals surface area contributed by atoms with Crippen molar-refractivity contribution in [1.29, 1.82) is 0 Å². The van der Waals surface area contributed by atoms with Crippen LogP contribution < -0.4 is 5.32 Å². The maximum Gasteiger partial charge on any atom is 0.441 e. The molecule has 7 heteroatoms. The first-order chi connectivity index (χ1) is 6.97. The third-order valence-corrected chi connectivity index (χ3v) is 3.08. The molecule has 0 saturated carbocycles. The molecule has 0 atom stereocenters. The van der Waals surface area contributed by atoms with Crippen molar-refractivity contribution in [3.8, 4) is 0 Å². The molecule has 0 amide bonds. The van der Waals surface area contributed by atoms with Crippen molar-refractivity contribution in [2.24, 2.45) is 0 Å².